The highest BCUT2D eigenvalue weighted by Crippen LogP contribution is 2.37. The number of aromatic nitrogens is 2. The van der Waals surface area contributed by atoms with Crippen LogP contribution in [0.15, 0.2) is 18.3 Å². The maximum Gasteiger partial charge on any atom is 0.407 e. The molecular weight excluding hydrogens is 512 g/mol. The van der Waals surface area contributed by atoms with Crippen molar-refractivity contribution < 1.29 is 27.8 Å². The summed E-state index contributed by atoms with van der Waals surface area (Å²) in [5.41, 5.74) is 4.57. The lowest BCUT2D eigenvalue weighted by Gasteiger charge is -2.29. The molecule has 4 rings (SSSR count). The first-order valence-electron chi connectivity index (χ1n) is 12.9. The predicted octanol–water partition coefficient (Wildman–Crippen LogP) is 3.54. The molecule has 1 saturated carbocycles. The molecule has 1 saturated heterocycles. The van der Waals surface area contributed by atoms with Gasteiger partial charge in [-0.05, 0) is 58.6 Å². The highest BCUT2D eigenvalue weighted by atomic mass is 19.1. The zero-order valence-electron chi connectivity index (χ0n) is 22.5. The van der Waals surface area contributed by atoms with E-state index >= 15 is 8.78 Å². The Morgan fingerprint density at radius 2 is 1.90 bits per heavy atom. The van der Waals surface area contributed by atoms with E-state index in [-0.39, 0.29) is 40.7 Å². The van der Waals surface area contributed by atoms with Gasteiger partial charge in [-0.2, -0.15) is 0 Å². The molecular formula is C26H35F2N7O4. The van der Waals surface area contributed by atoms with Crippen molar-refractivity contribution >= 4 is 35.1 Å². The van der Waals surface area contributed by atoms with Gasteiger partial charge in [0, 0.05) is 25.3 Å². The van der Waals surface area contributed by atoms with Gasteiger partial charge in [0.1, 0.15) is 11.4 Å². The van der Waals surface area contributed by atoms with Crippen molar-refractivity contribution in [2.24, 2.45) is 11.7 Å². The Labute approximate surface area is 225 Å². The molecule has 2 aliphatic rings. The third-order valence-corrected chi connectivity index (χ3v) is 6.39. The minimum Gasteiger partial charge on any atom is -0.444 e. The van der Waals surface area contributed by atoms with Crippen LogP contribution in [0.5, 0.6) is 0 Å². The predicted molar refractivity (Wildman–Crippen MR) is 142 cm³/mol. The number of nitrogens with zero attached hydrogens (tertiary/aromatic N) is 3. The van der Waals surface area contributed by atoms with Crippen LogP contribution >= 0.6 is 0 Å². The van der Waals surface area contributed by atoms with E-state index in [0.717, 1.165) is 18.9 Å². The second-order valence-electron chi connectivity index (χ2n) is 10.7. The number of ether oxygens (including phenoxy) is 2. The summed E-state index contributed by atoms with van der Waals surface area (Å²) < 4.78 is 41.2. The summed E-state index contributed by atoms with van der Waals surface area (Å²) in [4.78, 5) is 34.6. The van der Waals surface area contributed by atoms with Crippen LogP contribution in [0.3, 0.4) is 0 Å². The number of amides is 2. The molecule has 2 fully saturated rings. The Kier molecular flexibility index (Phi) is 8.38. The summed E-state index contributed by atoms with van der Waals surface area (Å²) in [6.07, 6.45) is 2.61. The molecule has 2 amide bonds. The number of pyridine rings is 2. The van der Waals surface area contributed by atoms with Gasteiger partial charge in [-0.3, -0.25) is 4.79 Å². The molecule has 212 valence electrons. The molecule has 0 spiro atoms. The Hall–Kier alpha value is -3.74. The monoisotopic (exact) mass is 547 g/mol. The van der Waals surface area contributed by atoms with Gasteiger partial charge in [-0.25, -0.2) is 23.5 Å². The van der Waals surface area contributed by atoms with Gasteiger partial charge in [0.15, 0.2) is 23.3 Å². The maximum absolute atomic E-state index is 15.4. The first-order chi connectivity index (χ1) is 18.4. The van der Waals surface area contributed by atoms with E-state index in [1.54, 1.807) is 32.6 Å². The molecule has 1 aliphatic carbocycles. The second-order valence-corrected chi connectivity index (χ2v) is 10.7. The van der Waals surface area contributed by atoms with Crippen molar-refractivity contribution in [3.8, 4) is 0 Å². The number of morpholine rings is 1. The van der Waals surface area contributed by atoms with Gasteiger partial charge < -0.3 is 36.1 Å². The van der Waals surface area contributed by atoms with E-state index < -0.39 is 35.3 Å². The van der Waals surface area contributed by atoms with Crippen molar-refractivity contribution in [1.82, 2.24) is 15.3 Å². The van der Waals surface area contributed by atoms with Crippen LogP contribution in [-0.4, -0.2) is 66.0 Å². The van der Waals surface area contributed by atoms with Crippen LogP contribution < -0.4 is 26.6 Å². The number of nitrogens with one attached hydrogen (secondary N) is 3. The van der Waals surface area contributed by atoms with Gasteiger partial charge in [0.25, 0.3) is 5.91 Å². The lowest BCUT2D eigenvalue weighted by molar-refractivity contribution is 0.0501. The molecule has 0 bridgehead atoms. The van der Waals surface area contributed by atoms with Crippen molar-refractivity contribution in [3.05, 3.63) is 35.5 Å². The lowest BCUT2D eigenvalue weighted by atomic mass is 10.0. The Morgan fingerprint density at radius 1 is 1.21 bits per heavy atom. The minimum absolute atomic E-state index is 0.00208. The lowest BCUT2D eigenvalue weighted by Crippen LogP contribution is -2.47. The smallest absolute Gasteiger partial charge is 0.407 e. The second kappa shape index (κ2) is 11.6. The molecule has 5 N–H and O–H groups in total. The summed E-state index contributed by atoms with van der Waals surface area (Å²) in [5, 5.41) is 8.66. The van der Waals surface area contributed by atoms with Crippen LogP contribution in [0.2, 0.25) is 0 Å². The number of primary amides is 1. The zero-order chi connectivity index (χ0) is 28.3. The van der Waals surface area contributed by atoms with Crippen LogP contribution in [0, 0.1) is 17.6 Å². The molecule has 39 heavy (non-hydrogen) atoms. The van der Waals surface area contributed by atoms with Gasteiger partial charge >= 0.3 is 6.09 Å². The number of halogens is 2. The summed E-state index contributed by atoms with van der Waals surface area (Å²) in [7, 11) is 0. The molecule has 3 heterocycles. The molecule has 2 aromatic rings. The summed E-state index contributed by atoms with van der Waals surface area (Å²) in [5.74, 6) is -2.39. The molecule has 2 atom stereocenters. The zero-order valence-corrected chi connectivity index (χ0v) is 22.5. The number of carbonyl (C=O) groups excluding carboxylic acids is 2. The first kappa shape index (κ1) is 28.3. The van der Waals surface area contributed by atoms with E-state index in [1.165, 1.54) is 12.3 Å². The fourth-order valence-corrected chi connectivity index (χ4v) is 4.37. The van der Waals surface area contributed by atoms with Gasteiger partial charge in [-0.15, -0.1) is 0 Å². The minimum atomic E-state index is -0.933. The Bertz CT molecular complexity index is 1210. The highest BCUT2D eigenvalue weighted by molar-refractivity contribution is 5.98. The third-order valence-electron chi connectivity index (χ3n) is 6.39. The molecule has 1 aliphatic heterocycles. The van der Waals surface area contributed by atoms with Crippen LogP contribution in [0.25, 0.3) is 0 Å². The van der Waals surface area contributed by atoms with Crippen LogP contribution in [-0.2, 0) is 9.47 Å². The number of rotatable bonds is 9. The maximum atomic E-state index is 15.4. The Morgan fingerprint density at radius 3 is 2.51 bits per heavy atom. The number of alkyl carbamates (subject to hydrolysis) is 1. The van der Waals surface area contributed by atoms with E-state index in [9.17, 15) is 9.59 Å². The van der Waals surface area contributed by atoms with E-state index in [0.29, 0.717) is 26.3 Å². The van der Waals surface area contributed by atoms with Gasteiger partial charge in [0.05, 0.1) is 30.5 Å². The fraction of sp³-hybridized carbons (Fsp3) is 0.538. The van der Waals surface area contributed by atoms with Crippen molar-refractivity contribution in [2.45, 2.75) is 58.2 Å². The molecule has 13 heteroatoms. The molecule has 11 nitrogen and oxygen atoms in total. The standard InChI is InChI=1S/C26H35F2N7O4/c1-14(31-25(37)39-26(2,3)4)20(15-5-6-15)33-23-17(27)13-16(21(29)36)22(34-23)32-18-7-8-30-24(19(18)28)35-9-11-38-12-10-35/h7-8,13-15,20H,5-6,9-12H2,1-4H3,(H2,29,36)(H,31,37)(H2,30,32,33,34)/t14-,20-/m0/s1. The number of carbonyl (C=O) groups is 2. The molecule has 0 aromatic carbocycles. The quantitative estimate of drug-likeness (QED) is 0.371. The fourth-order valence-electron chi connectivity index (χ4n) is 4.37. The normalized spacial score (nSPS) is 17.2. The van der Waals surface area contributed by atoms with Crippen molar-refractivity contribution in [2.75, 3.05) is 41.8 Å². The largest absolute Gasteiger partial charge is 0.444 e. The molecule has 2 aromatic heterocycles. The van der Waals surface area contributed by atoms with Crippen LogP contribution in [0.4, 0.5) is 36.7 Å². The van der Waals surface area contributed by atoms with Crippen molar-refractivity contribution in [1.29, 1.82) is 0 Å². The first-order valence-corrected chi connectivity index (χ1v) is 12.9. The van der Waals surface area contributed by atoms with E-state index in [2.05, 4.69) is 25.9 Å². The van der Waals surface area contributed by atoms with Crippen molar-refractivity contribution in [3.63, 3.8) is 0 Å². The van der Waals surface area contributed by atoms with Crippen LogP contribution in [0.1, 0.15) is 50.9 Å². The number of anilines is 4. The van der Waals surface area contributed by atoms with E-state index in [1.807, 2.05) is 0 Å². The van der Waals surface area contributed by atoms with Gasteiger partial charge in [0.2, 0.25) is 0 Å². The SMILES string of the molecule is C[C@H](NC(=O)OC(C)(C)C)[C@H](Nc1nc(Nc2ccnc(N3CCOCC3)c2F)c(C(N)=O)cc1F)C1CC1. The summed E-state index contributed by atoms with van der Waals surface area (Å²) in [6, 6.07) is 1.53. The number of hydrogen-bond donors (Lipinski definition) is 4. The number of hydrogen-bond acceptors (Lipinski definition) is 9. The summed E-state index contributed by atoms with van der Waals surface area (Å²) >= 11 is 0. The highest BCUT2D eigenvalue weighted by Gasteiger charge is 2.37. The molecule has 0 unspecified atom stereocenters. The van der Waals surface area contributed by atoms with Gasteiger partial charge in [-0.1, -0.05) is 0 Å². The van der Waals surface area contributed by atoms with E-state index in [4.69, 9.17) is 15.2 Å². The number of nitrogens with two attached hydrogens (primary N) is 1. The average molecular weight is 548 g/mol. The Balaban J connectivity index is 1.59. The topological polar surface area (TPSA) is 144 Å². The third kappa shape index (κ3) is 7.22. The molecule has 0 radical (unpaired) electrons. The summed E-state index contributed by atoms with van der Waals surface area (Å²) in [6.45, 7) is 8.91. The average Bonchev–Trinajstić information content (AvgIpc) is 3.69.